The number of hydrogen-bond acceptors (Lipinski definition) is 5. The average Bonchev–Trinajstić information content (AvgIpc) is 3.09. The Balaban J connectivity index is 1.44. The SMILES string of the molecule is Cc1cnc(CN(C)C2CCN(CC3CCOCC3)C2)o1. The van der Waals surface area contributed by atoms with Crippen molar-refractivity contribution >= 4 is 0 Å². The average molecular weight is 293 g/mol. The molecule has 2 aliphatic rings. The zero-order valence-corrected chi connectivity index (χ0v) is 13.3. The van der Waals surface area contributed by atoms with Gasteiger partial charge in [-0.1, -0.05) is 0 Å². The second kappa shape index (κ2) is 6.90. The molecule has 5 nitrogen and oxygen atoms in total. The van der Waals surface area contributed by atoms with Crippen LogP contribution in [0.5, 0.6) is 0 Å². The molecule has 5 heteroatoms. The number of aromatic nitrogens is 1. The molecule has 0 radical (unpaired) electrons. The first-order valence-corrected chi connectivity index (χ1v) is 8.12. The number of likely N-dealkylation sites (tertiary alicyclic amines) is 1. The van der Waals surface area contributed by atoms with E-state index in [0.29, 0.717) is 6.04 Å². The summed E-state index contributed by atoms with van der Waals surface area (Å²) in [6.45, 7) is 8.29. The van der Waals surface area contributed by atoms with Crippen molar-refractivity contribution in [3.05, 3.63) is 17.8 Å². The van der Waals surface area contributed by atoms with Crippen molar-refractivity contribution in [2.24, 2.45) is 5.92 Å². The van der Waals surface area contributed by atoms with Gasteiger partial charge in [-0.2, -0.15) is 0 Å². The molecule has 1 aromatic heterocycles. The number of aryl methyl sites for hydroxylation is 1. The van der Waals surface area contributed by atoms with Gasteiger partial charge in [-0.3, -0.25) is 4.90 Å². The Hall–Kier alpha value is -0.910. The molecule has 0 bridgehead atoms. The summed E-state index contributed by atoms with van der Waals surface area (Å²) in [7, 11) is 2.18. The first-order chi connectivity index (χ1) is 10.2. The van der Waals surface area contributed by atoms with Crippen LogP contribution in [0.3, 0.4) is 0 Å². The van der Waals surface area contributed by atoms with E-state index in [9.17, 15) is 0 Å². The second-order valence-electron chi connectivity index (χ2n) is 6.54. The van der Waals surface area contributed by atoms with Crippen molar-refractivity contribution in [1.82, 2.24) is 14.8 Å². The van der Waals surface area contributed by atoms with Crippen molar-refractivity contribution in [1.29, 1.82) is 0 Å². The van der Waals surface area contributed by atoms with Crippen LogP contribution in [-0.2, 0) is 11.3 Å². The van der Waals surface area contributed by atoms with E-state index in [1.807, 2.05) is 6.92 Å². The minimum atomic E-state index is 0.622. The van der Waals surface area contributed by atoms with Crippen LogP contribution in [0.1, 0.15) is 30.9 Å². The van der Waals surface area contributed by atoms with E-state index in [1.54, 1.807) is 6.20 Å². The molecular weight excluding hydrogens is 266 g/mol. The van der Waals surface area contributed by atoms with Gasteiger partial charge in [0, 0.05) is 32.3 Å². The fourth-order valence-corrected chi connectivity index (χ4v) is 3.45. The van der Waals surface area contributed by atoms with Crippen molar-refractivity contribution in [2.75, 3.05) is 39.9 Å². The fraction of sp³-hybridized carbons (Fsp3) is 0.812. The lowest BCUT2D eigenvalue weighted by Crippen LogP contribution is -2.36. The quantitative estimate of drug-likeness (QED) is 0.829. The Labute approximate surface area is 127 Å². The number of likely N-dealkylation sites (N-methyl/N-ethyl adjacent to an activating group) is 1. The molecule has 1 atom stereocenters. The van der Waals surface area contributed by atoms with Gasteiger partial charge in [-0.25, -0.2) is 4.98 Å². The summed E-state index contributed by atoms with van der Waals surface area (Å²) in [6.07, 6.45) is 5.51. The van der Waals surface area contributed by atoms with Gasteiger partial charge in [-0.15, -0.1) is 0 Å². The maximum absolute atomic E-state index is 5.58. The van der Waals surface area contributed by atoms with Crippen LogP contribution in [0.25, 0.3) is 0 Å². The van der Waals surface area contributed by atoms with E-state index < -0.39 is 0 Å². The molecule has 2 saturated heterocycles. The molecule has 0 saturated carbocycles. The molecular formula is C16H27N3O2. The summed E-state index contributed by atoms with van der Waals surface area (Å²) < 4.78 is 11.0. The van der Waals surface area contributed by atoms with Crippen LogP contribution >= 0.6 is 0 Å². The molecule has 1 unspecified atom stereocenters. The zero-order valence-electron chi connectivity index (χ0n) is 13.3. The maximum Gasteiger partial charge on any atom is 0.208 e. The summed E-state index contributed by atoms with van der Waals surface area (Å²) in [6, 6.07) is 0.622. The third kappa shape index (κ3) is 4.05. The van der Waals surface area contributed by atoms with Crippen molar-refractivity contribution < 1.29 is 9.15 Å². The highest BCUT2D eigenvalue weighted by molar-refractivity contribution is 4.92. The predicted octanol–water partition coefficient (Wildman–Crippen LogP) is 1.92. The van der Waals surface area contributed by atoms with Gasteiger partial charge in [0.15, 0.2) is 0 Å². The van der Waals surface area contributed by atoms with Crippen molar-refractivity contribution in [2.45, 2.75) is 38.8 Å². The van der Waals surface area contributed by atoms with E-state index in [-0.39, 0.29) is 0 Å². The predicted molar refractivity (Wildman–Crippen MR) is 81.1 cm³/mol. The van der Waals surface area contributed by atoms with Gasteiger partial charge >= 0.3 is 0 Å². The molecule has 2 aliphatic heterocycles. The zero-order chi connectivity index (χ0) is 14.7. The Morgan fingerprint density at radius 2 is 2.14 bits per heavy atom. The normalized spacial score (nSPS) is 25.0. The molecule has 3 heterocycles. The molecule has 0 spiro atoms. The molecule has 3 rings (SSSR count). The van der Waals surface area contributed by atoms with Crippen molar-refractivity contribution in [3.63, 3.8) is 0 Å². The first-order valence-electron chi connectivity index (χ1n) is 8.12. The summed E-state index contributed by atoms with van der Waals surface area (Å²) >= 11 is 0. The number of hydrogen-bond donors (Lipinski definition) is 0. The van der Waals surface area contributed by atoms with Gasteiger partial charge in [0.25, 0.3) is 0 Å². The van der Waals surface area contributed by atoms with Crippen molar-refractivity contribution in [3.8, 4) is 0 Å². The van der Waals surface area contributed by atoms with E-state index in [4.69, 9.17) is 9.15 Å². The summed E-state index contributed by atoms with van der Waals surface area (Å²) in [5.74, 6) is 2.56. The van der Waals surface area contributed by atoms with Gasteiger partial charge in [0.1, 0.15) is 5.76 Å². The standard InChI is InChI=1S/C16H27N3O2/c1-13-9-17-16(21-13)12-18(2)15-3-6-19(11-15)10-14-4-7-20-8-5-14/h9,14-15H,3-8,10-12H2,1-2H3. The van der Waals surface area contributed by atoms with Crippen LogP contribution in [0.2, 0.25) is 0 Å². The highest BCUT2D eigenvalue weighted by atomic mass is 16.5. The molecule has 0 N–H and O–H groups in total. The van der Waals surface area contributed by atoms with Gasteiger partial charge in [0.05, 0.1) is 12.7 Å². The summed E-state index contributed by atoms with van der Waals surface area (Å²) in [5.41, 5.74) is 0. The van der Waals surface area contributed by atoms with E-state index >= 15 is 0 Å². The van der Waals surface area contributed by atoms with Crippen LogP contribution < -0.4 is 0 Å². The number of oxazole rings is 1. The van der Waals surface area contributed by atoms with E-state index in [1.165, 1.54) is 38.9 Å². The highest BCUT2D eigenvalue weighted by Gasteiger charge is 2.28. The van der Waals surface area contributed by atoms with E-state index in [2.05, 4.69) is 21.8 Å². The first kappa shape index (κ1) is 15.0. The highest BCUT2D eigenvalue weighted by Crippen LogP contribution is 2.21. The molecule has 0 aliphatic carbocycles. The van der Waals surface area contributed by atoms with Gasteiger partial charge in [-0.05, 0) is 45.7 Å². The molecule has 21 heavy (non-hydrogen) atoms. The topological polar surface area (TPSA) is 41.7 Å². The number of rotatable bonds is 5. The monoisotopic (exact) mass is 293 g/mol. The van der Waals surface area contributed by atoms with Crippen LogP contribution in [0.4, 0.5) is 0 Å². The Morgan fingerprint density at radius 1 is 1.33 bits per heavy atom. The van der Waals surface area contributed by atoms with Crippen LogP contribution in [0, 0.1) is 12.8 Å². The van der Waals surface area contributed by atoms with Crippen LogP contribution in [0.15, 0.2) is 10.6 Å². The molecule has 0 aromatic carbocycles. The Kier molecular flexibility index (Phi) is 4.93. The molecule has 0 amide bonds. The minimum absolute atomic E-state index is 0.622. The maximum atomic E-state index is 5.58. The molecule has 118 valence electrons. The molecule has 1 aromatic rings. The molecule has 2 fully saturated rings. The third-order valence-electron chi connectivity index (χ3n) is 4.78. The number of nitrogens with zero attached hydrogens (tertiary/aromatic N) is 3. The summed E-state index contributed by atoms with van der Waals surface area (Å²) in [5, 5.41) is 0. The second-order valence-corrected chi connectivity index (χ2v) is 6.54. The van der Waals surface area contributed by atoms with E-state index in [0.717, 1.165) is 37.3 Å². The number of ether oxygens (including phenoxy) is 1. The largest absolute Gasteiger partial charge is 0.445 e. The summed E-state index contributed by atoms with van der Waals surface area (Å²) in [4.78, 5) is 9.31. The Morgan fingerprint density at radius 3 is 2.86 bits per heavy atom. The van der Waals surface area contributed by atoms with Gasteiger partial charge < -0.3 is 14.1 Å². The Bertz CT molecular complexity index is 442. The third-order valence-corrected chi connectivity index (χ3v) is 4.78. The minimum Gasteiger partial charge on any atom is -0.445 e. The fourth-order valence-electron chi connectivity index (χ4n) is 3.45. The lowest BCUT2D eigenvalue weighted by molar-refractivity contribution is 0.0545. The lowest BCUT2D eigenvalue weighted by Gasteiger charge is -2.28. The van der Waals surface area contributed by atoms with Crippen LogP contribution in [-0.4, -0.2) is 60.7 Å². The van der Waals surface area contributed by atoms with Gasteiger partial charge in [0.2, 0.25) is 5.89 Å². The smallest absolute Gasteiger partial charge is 0.208 e. The lowest BCUT2D eigenvalue weighted by atomic mass is 10.00.